The Morgan fingerprint density at radius 1 is 1.18 bits per heavy atom. The maximum atomic E-state index is 10.0. The minimum atomic E-state index is -2.81. The molecule has 11 heavy (non-hydrogen) atoms. The zero-order chi connectivity index (χ0) is 8.27. The Kier molecular flexibility index (Phi) is 2.78. The summed E-state index contributed by atoms with van der Waals surface area (Å²) in [4.78, 5) is 0.762. The summed E-state index contributed by atoms with van der Waals surface area (Å²) in [5.41, 5.74) is 0. The quantitative estimate of drug-likeness (QED) is 0.680. The van der Waals surface area contributed by atoms with E-state index in [1.54, 1.807) is 12.1 Å². The molecule has 0 atom stereocenters. The zero-order valence-corrected chi connectivity index (χ0v) is 7.22. The lowest BCUT2D eigenvalue weighted by Crippen LogP contribution is -1.88. The first-order chi connectivity index (χ1) is 5.18. The number of hydrogen-bond donors (Lipinski definition) is 2. The van der Waals surface area contributed by atoms with Crippen molar-refractivity contribution in [3.8, 4) is 5.75 Å². The SMILES string of the molecule is O=[SH](=O)Oc1ccc(S)cc1. The van der Waals surface area contributed by atoms with Gasteiger partial charge in [0.25, 0.3) is 11.0 Å². The molecule has 0 saturated carbocycles. The van der Waals surface area contributed by atoms with Crippen LogP contribution in [-0.4, -0.2) is 8.42 Å². The van der Waals surface area contributed by atoms with Gasteiger partial charge in [-0.25, -0.2) is 0 Å². The zero-order valence-electron chi connectivity index (χ0n) is 5.43. The van der Waals surface area contributed by atoms with Crippen molar-refractivity contribution in [3.05, 3.63) is 24.3 Å². The van der Waals surface area contributed by atoms with Crippen LogP contribution in [0.4, 0.5) is 0 Å². The molecule has 0 fully saturated rings. The van der Waals surface area contributed by atoms with Crippen molar-refractivity contribution < 1.29 is 12.6 Å². The summed E-state index contributed by atoms with van der Waals surface area (Å²) in [6.07, 6.45) is 0. The van der Waals surface area contributed by atoms with Crippen molar-refractivity contribution in [2.24, 2.45) is 0 Å². The van der Waals surface area contributed by atoms with Gasteiger partial charge in [-0.05, 0) is 24.3 Å². The molecule has 0 aliphatic rings. The Morgan fingerprint density at radius 3 is 2.18 bits per heavy atom. The summed E-state index contributed by atoms with van der Waals surface area (Å²) in [5.74, 6) is 0.305. The minimum Gasteiger partial charge on any atom is -0.384 e. The fourth-order valence-corrected chi connectivity index (χ4v) is 1.04. The number of rotatable bonds is 2. The molecule has 0 spiro atoms. The second kappa shape index (κ2) is 3.64. The topological polar surface area (TPSA) is 43.4 Å². The van der Waals surface area contributed by atoms with Crippen molar-refractivity contribution in [1.82, 2.24) is 0 Å². The van der Waals surface area contributed by atoms with Crippen LogP contribution in [0, 0.1) is 0 Å². The van der Waals surface area contributed by atoms with Gasteiger partial charge in [0.15, 0.2) is 0 Å². The first-order valence-corrected chi connectivity index (χ1v) is 4.34. The predicted octanol–water partition coefficient (Wildman–Crippen LogP) is 0.881. The van der Waals surface area contributed by atoms with Gasteiger partial charge in [0.1, 0.15) is 5.75 Å². The molecule has 3 nitrogen and oxygen atoms in total. The fraction of sp³-hybridized carbons (Fsp3) is 0. The van der Waals surface area contributed by atoms with Crippen LogP contribution < -0.4 is 4.18 Å². The molecule has 0 aliphatic heterocycles. The average Bonchev–Trinajstić information content (AvgIpc) is 1.93. The van der Waals surface area contributed by atoms with Crippen molar-refractivity contribution in [1.29, 1.82) is 0 Å². The van der Waals surface area contributed by atoms with E-state index < -0.39 is 11.0 Å². The van der Waals surface area contributed by atoms with Crippen molar-refractivity contribution in [3.63, 3.8) is 0 Å². The number of hydrogen-bond acceptors (Lipinski definition) is 4. The molecule has 5 heteroatoms. The molecule has 0 radical (unpaired) electrons. The van der Waals surface area contributed by atoms with Crippen LogP contribution in [0.1, 0.15) is 0 Å². The van der Waals surface area contributed by atoms with Crippen LogP contribution in [0.15, 0.2) is 29.2 Å². The summed E-state index contributed by atoms with van der Waals surface area (Å²) in [6, 6.07) is 6.37. The minimum absolute atomic E-state index is 0.305. The van der Waals surface area contributed by atoms with Gasteiger partial charge in [0.05, 0.1) is 0 Å². The lowest BCUT2D eigenvalue weighted by atomic mass is 10.3. The Balaban J connectivity index is 2.82. The van der Waals surface area contributed by atoms with Crippen LogP contribution in [-0.2, 0) is 11.0 Å². The molecule has 0 aliphatic carbocycles. The molecule has 0 aromatic heterocycles. The number of thiol groups is 2. The molecular formula is C6H6O3S2. The monoisotopic (exact) mass is 190 g/mol. The van der Waals surface area contributed by atoms with Gasteiger partial charge in [-0.15, -0.1) is 12.6 Å². The third kappa shape index (κ3) is 2.81. The van der Waals surface area contributed by atoms with E-state index in [0.29, 0.717) is 5.75 Å². The van der Waals surface area contributed by atoms with Gasteiger partial charge in [-0.3, -0.25) is 0 Å². The summed E-state index contributed by atoms with van der Waals surface area (Å²) in [5, 5.41) is 0. The molecule has 0 N–H and O–H groups in total. The molecule has 0 bridgehead atoms. The Morgan fingerprint density at radius 2 is 1.73 bits per heavy atom. The molecule has 0 heterocycles. The van der Waals surface area contributed by atoms with Gasteiger partial charge >= 0.3 is 0 Å². The molecule has 1 rings (SSSR count). The summed E-state index contributed by atoms with van der Waals surface area (Å²) >= 11 is 4.02. The lowest BCUT2D eigenvalue weighted by Gasteiger charge is -1.95. The van der Waals surface area contributed by atoms with E-state index in [2.05, 4.69) is 16.8 Å². The third-order valence-electron chi connectivity index (χ3n) is 1.02. The number of benzene rings is 1. The lowest BCUT2D eigenvalue weighted by molar-refractivity contribution is 0.510. The molecule has 1 aromatic rings. The molecule has 60 valence electrons. The normalized spacial score (nSPS) is 10.0. The molecule has 0 unspecified atom stereocenters. The standard InChI is InChI=1S/C6H6O3S2/c7-11(8)9-5-1-3-6(10)4-2-5/h1-4,10-11H. The van der Waals surface area contributed by atoms with Gasteiger partial charge < -0.3 is 4.18 Å². The van der Waals surface area contributed by atoms with E-state index in [-0.39, 0.29) is 0 Å². The van der Waals surface area contributed by atoms with Crippen LogP contribution >= 0.6 is 12.6 Å². The first kappa shape index (κ1) is 8.42. The van der Waals surface area contributed by atoms with Crippen LogP contribution in [0.3, 0.4) is 0 Å². The van der Waals surface area contributed by atoms with Gasteiger partial charge in [-0.1, -0.05) is 0 Å². The van der Waals surface area contributed by atoms with Crippen molar-refractivity contribution in [2.45, 2.75) is 4.90 Å². The Bertz CT molecular complexity index is 294. The molecule has 0 amide bonds. The van der Waals surface area contributed by atoms with Crippen LogP contribution in [0.2, 0.25) is 0 Å². The summed E-state index contributed by atoms with van der Waals surface area (Å²) in [6.45, 7) is 0. The smallest absolute Gasteiger partial charge is 0.299 e. The highest BCUT2D eigenvalue weighted by molar-refractivity contribution is 7.80. The van der Waals surface area contributed by atoms with Crippen LogP contribution in [0.5, 0.6) is 5.75 Å². The first-order valence-electron chi connectivity index (χ1n) is 2.80. The van der Waals surface area contributed by atoms with E-state index >= 15 is 0 Å². The predicted molar refractivity (Wildman–Crippen MR) is 44.6 cm³/mol. The molecule has 0 saturated heterocycles. The maximum Gasteiger partial charge on any atom is 0.299 e. The highest BCUT2D eigenvalue weighted by Crippen LogP contribution is 2.13. The molecular weight excluding hydrogens is 184 g/mol. The highest BCUT2D eigenvalue weighted by atomic mass is 32.2. The second-order valence-corrected chi connectivity index (χ2v) is 2.95. The van der Waals surface area contributed by atoms with E-state index in [1.165, 1.54) is 12.1 Å². The Labute approximate surface area is 71.6 Å². The maximum absolute atomic E-state index is 10.0. The van der Waals surface area contributed by atoms with Gasteiger partial charge in [-0.2, -0.15) is 8.42 Å². The molecule has 1 aromatic carbocycles. The average molecular weight is 190 g/mol. The van der Waals surface area contributed by atoms with Gasteiger partial charge in [0, 0.05) is 4.90 Å². The summed E-state index contributed by atoms with van der Waals surface area (Å²) < 4.78 is 24.5. The Hall–Kier alpha value is -0.680. The largest absolute Gasteiger partial charge is 0.384 e. The van der Waals surface area contributed by atoms with Crippen molar-refractivity contribution in [2.75, 3.05) is 0 Å². The summed E-state index contributed by atoms with van der Waals surface area (Å²) in [7, 11) is -2.81. The van der Waals surface area contributed by atoms with E-state index in [9.17, 15) is 8.42 Å². The van der Waals surface area contributed by atoms with Crippen LogP contribution in [0.25, 0.3) is 0 Å². The second-order valence-electron chi connectivity index (χ2n) is 1.81. The van der Waals surface area contributed by atoms with E-state index in [0.717, 1.165) is 4.90 Å². The third-order valence-corrected chi connectivity index (χ3v) is 1.67. The van der Waals surface area contributed by atoms with Crippen molar-refractivity contribution >= 4 is 23.6 Å². The fourth-order valence-electron chi connectivity index (χ4n) is 0.593. The highest BCUT2D eigenvalue weighted by Gasteiger charge is 1.91. The van der Waals surface area contributed by atoms with Gasteiger partial charge in [0.2, 0.25) is 0 Å². The van der Waals surface area contributed by atoms with E-state index in [4.69, 9.17) is 0 Å². The van der Waals surface area contributed by atoms with E-state index in [1.807, 2.05) is 0 Å².